The summed E-state index contributed by atoms with van der Waals surface area (Å²) in [4.78, 5) is 26.4. The molecule has 0 bridgehead atoms. The van der Waals surface area contributed by atoms with Crippen LogP contribution < -0.4 is 5.32 Å². The lowest BCUT2D eigenvalue weighted by molar-refractivity contribution is -0.144. The Morgan fingerprint density at radius 2 is 2.00 bits per heavy atom. The maximum atomic E-state index is 12.4. The van der Waals surface area contributed by atoms with E-state index < -0.39 is 5.41 Å². The lowest BCUT2D eigenvalue weighted by Crippen LogP contribution is -2.46. The van der Waals surface area contributed by atoms with E-state index in [1.165, 1.54) is 0 Å². The van der Waals surface area contributed by atoms with Gasteiger partial charge >= 0.3 is 0 Å². The topological polar surface area (TPSA) is 58.6 Å². The van der Waals surface area contributed by atoms with E-state index >= 15 is 0 Å². The minimum absolute atomic E-state index is 0.0117. The summed E-state index contributed by atoms with van der Waals surface area (Å²) < 4.78 is 5.48. The van der Waals surface area contributed by atoms with Gasteiger partial charge in [-0.05, 0) is 39.5 Å². The average molecular weight is 268 g/mol. The van der Waals surface area contributed by atoms with Crippen molar-refractivity contribution >= 4 is 11.8 Å². The zero-order chi connectivity index (χ0) is 13.9. The van der Waals surface area contributed by atoms with E-state index in [0.29, 0.717) is 32.5 Å². The van der Waals surface area contributed by atoms with E-state index in [-0.39, 0.29) is 17.9 Å². The molecule has 1 atom stereocenters. The van der Waals surface area contributed by atoms with Gasteiger partial charge < -0.3 is 15.0 Å². The quantitative estimate of drug-likeness (QED) is 0.729. The highest BCUT2D eigenvalue weighted by molar-refractivity contribution is 6.07. The number of rotatable bonds is 6. The highest BCUT2D eigenvalue weighted by Crippen LogP contribution is 2.47. The molecule has 108 valence electrons. The average Bonchev–Trinajstić information content (AvgIpc) is 3.07. The van der Waals surface area contributed by atoms with Gasteiger partial charge in [0, 0.05) is 26.2 Å². The molecular weight excluding hydrogens is 244 g/mol. The van der Waals surface area contributed by atoms with E-state index in [9.17, 15) is 9.59 Å². The van der Waals surface area contributed by atoms with Gasteiger partial charge in [0.2, 0.25) is 11.8 Å². The number of ether oxygens (including phenoxy) is 1. The van der Waals surface area contributed by atoms with Crippen molar-refractivity contribution < 1.29 is 14.3 Å². The van der Waals surface area contributed by atoms with Gasteiger partial charge in [-0.25, -0.2) is 0 Å². The molecule has 0 radical (unpaired) electrons. The van der Waals surface area contributed by atoms with Crippen LogP contribution in [0.1, 0.15) is 39.5 Å². The molecule has 2 aliphatic rings. The maximum absolute atomic E-state index is 12.4. The molecule has 2 fully saturated rings. The summed E-state index contributed by atoms with van der Waals surface area (Å²) in [6, 6.07) is 0. The Kier molecular flexibility index (Phi) is 4.45. The molecule has 19 heavy (non-hydrogen) atoms. The van der Waals surface area contributed by atoms with Crippen molar-refractivity contribution in [2.24, 2.45) is 5.41 Å². The lowest BCUT2D eigenvalue weighted by Gasteiger charge is -2.24. The lowest BCUT2D eigenvalue weighted by atomic mass is 10.0. The molecule has 0 spiro atoms. The van der Waals surface area contributed by atoms with Crippen LogP contribution in [-0.2, 0) is 14.3 Å². The molecule has 0 aromatic heterocycles. The fraction of sp³-hybridized carbons (Fsp3) is 0.857. The van der Waals surface area contributed by atoms with Crippen molar-refractivity contribution in [3.8, 4) is 0 Å². The number of hydrogen-bond acceptors (Lipinski definition) is 3. The molecule has 2 rings (SSSR count). The van der Waals surface area contributed by atoms with Crippen LogP contribution in [0.25, 0.3) is 0 Å². The van der Waals surface area contributed by atoms with Gasteiger partial charge in [0.15, 0.2) is 0 Å². The fourth-order valence-corrected chi connectivity index (χ4v) is 2.66. The molecular formula is C14H24N2O3. The molecule has 0 aromatic rings. The van der Waals surface area contributed by atoms with Crippen molar-refractivity contribution in [2.45, 2.75) is 45.6 Å². The minimum Gasteiger partial charge on any atom is -0.376 e. The van der Waals surface area contributed by atoms with Crippen molar-refractivity contribution in [2.75, 3.05) is 26.2 Å². The number of nitrogens with zero attached hydrogens (tertiary/aromatic N) is 1. The van der Waals surface area contributed by atoms with E-state index in [4.69, 9.17) is 4.74 Å². The summed E-state index contributed by atoms with van der Waals surface area (Å²) in [5, 5.41) is 2.90. The second-order valence-electron chi connectivity index (χ2n) is 5.40. The normalized spacial score (nSPS) is 24.0. The van der Waals surface area contributed by atoms with E-state index in [1.54, 1.807) is 4.90 Å². The first-order chi connectivity index (χ1) is 9.14. The van der Waals surface area contributed by atoms with Crippen LogP contribution >= 0.6 is 0 Å². The molecule has 1 unspecified atom stereocenters. The summed E-state index contributed by atoms with van der Waals surface area (Å²) in [7, 11) is 0. The largest absolute Gasteiger partial charge is 0.376 e. The number of amides is 2. The third-order valence-corrected chi connectivity index (χ3v) is 4.16. The Hall–Kier alpha value is -1.10. The van der Waals surface area contributed by atoms with E-state index in [2.05, 4.69) is 5.32 Å². The van der Waals surface area contributed by atoms with Crippen LogP contribution in [-0.4, -0.2) is 49.1 Å². The van der Waals surface area contributed by atoms with Gasteiger partial charge in [0.25, 0.3) is 0 Å². The van der Waals surface area contributed by atoms with Crippen molar-refractivity contribution in [1.29, 1.82) is 0 Å². The first-order valence-electron chi connectivity index (χ1n) is 7.33. The van der Waals surface area contributed by atoms with Gasteiger partial charge in [0.05, 0.1) is 6.10 Å². The molecule has 1 N–H and O–H groups in total. The zero-order valence-corrected chi connectivity index (χ0v) is 11.9. The number of nitrogens with one attached hydrogen (secondary N) is 1. The smallest absolute Gasteiger partial charge is 0.238 e. The molecule has 1 aliphatic carbocycles. The molecule has 1 saturated carbocycles. The van der Waals surface area contributed by atoms with Gasteiger partial charge in [-0.15, -0.1) is 0 Å². The number of carbonyl (C=O) groups is 2. The Balaban J connectivity index is 1.88. The van der Waals surface area contributed by atoms with Crippen molar-refractivity contribution in [3.05, 3.63) is 0 Å². The minimum atomic E-state index is -0.773. The third-order valence-electron chi connectivity index (χ3n) is 4.16. The van der Waals surface area contributed by atoms with E-state index in [1.807, 2.05) is 13.8 Å². The number of hydrogen-bond donors (Lipinski definition) is 1. The summed E-state index contributed by atoms with van der Waals surface area (Å²) in [5.41, 5.74) is -0.773. The second-order valence-corrected chi connectivity index (χ2v) is 5.40. The first-order valence-corrected chi connectivity index (χ1v) is 7.33. The molecule has 1 saturated heterocycles. The van der Waals surface area contributed by atoms with Crippen molar-refractivity contribution in [1.82, 2.24) is 10.2 Å². The van der Waals surface area contributed by atoms with Crippen LogP contribution in [0.4, 0.5) is 0 Å². The summed E-state index contributed by atoms with van der Waals surface area (Å²) >= 11 is 0. The molecule has 1 aliphatic heterocycles. The number of carbonyl (C=O) groups excluding carboxylic acids is 2. The Morgan fingerprint density at radius 1 is 1.32 bits per heavy atom. The maximum Gasteiger partial charge on any atom is 0.238 e. The highest BCUT2D eigenvalue weighted by atomic mass is 16.5. The van der Waals surface area contributed by atoms with Crippen LogP contribution in [0.5, 0.6) is 0 Å². The van der Waals surface area contributed by atoms with Gasteiger partial charge in [-0.1, -0.05) is 0 Å². The van der Waals surface area contributed by atoms with Crippen LogP contribution in [0.2, 0.25) is 0 Å². The van der Waals surface area contributed by atoms with Gasteiger partial charge in [0.1, 0.15) is 5.41 Å². The van der Waals surface area contributed by atoms with Crippen LogP contribution in [0.3, 0.4) is 0 Å². The summed E-state index contributed by atoms with van der Waals surface area (Å²) in [6.07, 6.45) is 3.55. The van der Waals surface area contributed by atoms with Crippen LogP contribution in [0, 0.1) is 5.41 Å². The highest BCUT2D eigenvalue weighted by Gasteiger charge is 2.57. The fourth-order valence-electron chi connectivity index (χ4n) is 2.66. The third kappa shape index (κ3) is 2.91. The predicted molar refractivity (Wildman–Crippen MR) is 71.6 cm³/mol. The Labute approximate surface area is 114 Å². The molecule has 1 heterocycles. The van der Waals surface area contributed by atoms with Gasteiger partial charge in [-0.2, -0.15) is 0 Å². The summed E-state index contributed by atoms with van der Waals surface area (Å²) in [6.45, 7) is 6.53. The molecule has 5 nitrogen and oxygen atoms in total. The Bertz CT molecular complexity index is 343. The van der Waals surface area contributed by atoms with Crippen molar-refractivity contribution in [3.63, 3.8) is 0 Å². The van der Waals surface area contributed by atoms with E-state index in [0.717, 1.165) is 19.4 Å². The predicted octanol–water partition coefficient (Wildman–Crippen LogP) is 0.930. The summed E-state index contributed by atoms with van der Waals surface area (Å²) in [5.74, 6) is -0.123. The standard InChI is InChI=1S/C14H24N2O3/c1-3-16(4-2)13(18)14(7-8-14)12(17)15-10-11-6-5-9-19-11/h11H,3-10H2,1-2H3,(H,15,17). The Morgan fingerprint density at radius 3 is 2.47 bits per heavy atom. The van der Waals surface area contributed by atoms with Crippen LogP contribution in [0.15, 0.2) is 0 Å². The molecule has 2 amide bonds. The first kappa shape index (κ1) is 14.3. The zero-order valence-electron chi connectivity index (χ0n) is 11.9. The monoisotopic (exact) mass is 268 g/mol. The van der Waals surface area contributed by atoms with Gasteiger partial charge in [-0.3, -0.25) is 9.59 Å². The second kappa shape index (κ2) is 5.90. The molecule has 5 heteroatoms. The molecule has 0 aromatic carbocycles. The SMILES string of the molecule is CCN(CC)C(=O)C1(C(=O)NCC2CCCO2)CC1.